The SMILES string of the molecule is C(Cc1ccccn1)=Nc1ccc(N=CCc2ccccn2)cc1.Cl.Cl.Cl.Cl.[Pd].[Pd]. The average Bonchev–Trinajstić information content (AvgIpc) is 2.65. The minimum atomic E-state index is 0. The summed E-state index contributed by atoms with van der Waals surface area (Å²) in [4.78, 5) is 17.4. The van der Waals surface area contributed by atoms with E-state index in [1.165, 1.54) is 0 Å². The van der Waals surface area contributed by atoms with Gasteiger partial charge in [0.15, 0.2) is 0 Å². The molecule has 0 saturated carbocycles. The smallest absolute Gasteiger partial charge is 0.0627 e. The van der Waals surface area contributed by atoms with E-state index in [0.29, 0.717) is 0 Å². The van der Waals surface area contributed by atoms with Crippen LogP contribution in [0.5, 0.6) is 0 Å². The molecule has 0 amide bonds. The Kier molecular flexibility index (Phi) is 26.4. The van der Waals surface area contributed by atoms with Crippen molar-refractivity contribution in [3.8, 4) is 0 Å². The van der Waals surface area contributed by atoms with E-state index in [1.807, 2.05) is 73.1 Å². The summed E-state index contributed by atoms with van der Waals surface area (Å²) in [5, 5.41) is 0. The van der Waals surface area contributed by atoms with Gasteiger partial charge in [0.2, 0.25) is 0 Å². The van der Waals surface area contributed by atoms with Gasteiger partial charge in [-0.2, -0.15) is 0 Å². The number of halogens is 4. The van der Waals surface area contributed by atoms with Crippen LogP contribution in [0.1, 0.15) is 11.4 Å². The summed E-state index contributed by atoms with van der Waals surface area (Å²) in [5.41, 5.74) is 3.85. The Morgan fingerprint density at radius 2 is 0.933 bits per heavy atom. The van der Waals surface area contributed by atoms with Gasteiger partial charge in [0.25, 0.3) is 0 Å². The fourth-order valence-electron chi connectivity index (χ4n) is 2.15. The van der Waals surface area contributed by atoms with Gasteiger partial charge in [-0.1, -0.05) is 12.1 Å². The van der Waals surface area contributed by atoms with E-state index < -0.39 is 0 Å². The number of aliphatic imine (C=N–C) groups is 2. The fraction of sp³-hybridized carbons (Fsp3) is 0.100. The maximum atomic E-state index is 4.44. The third kappa shape index (κ3) is 13.6. The van der Waals surface area contributed by atoms with E-state index in [-0.39, 0.29) is 90.5 Å². The van der Waals surface area contributed by atoms with Gasteiger partial charge in [-0.3, -0.25) is 20.0 Å². The Bertz CT molecular complexity index is 751. The average molecular weight is 673 g/mol. The molecule has 10 heteroatoms. The number of hydrogen-bond acceptors (Lipinski definition) is 4. The quantitative estimate of drug-likeness (QED) is 0.237. The van der Waals surface area contributed by atoms with E-state index in [0.717, 1.165) is 35.6 Å². The van der Waals surface area contributed by atoms with Gasteiger partial charge in [-0.15, -0.1) is 49.6 Å². The number of rotatable bonds is 6. The van der Waals surface area contributed by atoms with Crippen LogP contribution in [0.2, 0.25) is 0 Å². The first kappa shape index (κ1) is 36.7. The maximum absolute atomic E-state index is 4.44. The number of hydrogen-bond donors (Lipinski definition) is 0. The van der Waals surface area contributed by atoms with E-state index in [2.05, 4.69) is 20.0 Å². The summed E-state index contributed by atoms with van der Waals surface area (Å²) >= 11 is 0. The molecule has 2 heterocycles. The predicted molar refractivity (Wildman–Crippen MR) is 128 cm³/mol. The Balaban J connectivity index is -0.000000563. The monoisotopic (exact) mass is 670 g/mol. The molecule has 170 valence electrons. The van der Waals surface area contributed by atoms with Crippen molar-refractivity contribution in [1.29, 1.82) is 0 Å². The minimum absolute atomic E-state index is 0. The zero-order valence-corrected chi connectivity index (χ0v) is 21.9. The van der Waals surface area contributed by atoms with Crippen LogP contribution in [0.4, 0.5) is 11.4 Å². The van der Waals surface area contributed by atoms with Crippen molar-refractivity contribution in [1.82, 2.24) is 9.97 Å². The van der Waals surface area contributed by atoms with Gasteiger partial charge in [-0.05, 0) is 48.5 Å². The Hall–Kier alpha value is -0.655. The molecule has 3 rings (SSSR count). The first-order valence-electron chi connectivity index (χ1n) is 7.85. The summed E-state index contributed by atoms with van der Waals surface area (Å²) < 4.78 is 0. The Morgan fingerprint density at radius 3 is 1.23 bits per heavy atom. The molecule has 0 atom stereocenters. The summed E-state index contributed by atoms with van der Waals surface area (Å²) in [7, 11) is 0. The van der Waals surface area contributed by atoms with E-state index in [4.69, 9.17) is 0 Å². The fourth-order valence-corrected chi connectivity index (χ4v) is 2.15. The van der Waals surface area contributed by atoms with Crippen LogP contribution in [0.3, 0.4) is 0 Å². The molecule has 3 aromatic rings. The van der Waals surface area contributed by atoms with Gasteiger partial charge in [0.05, 0.1) is 11.4 Å². The first-order valence-corrected chi connectivity index (χ1v) is 7.85. The van der Waals surface area contributed by atoms with Crippen LogP contribution in [0, 0.1) is 0 Å². The van der Waals surface area contributed by atoms with Crippen LogP contribution < -0.4 is 0 Å². The summed E-state index contributed by atoms with van der Waals surface area (Å²) in [6.07, 6.45) is 8.79. The topological polar surface area (TPSA) is 50.5 Å². The number of nitrogens with zero attached hydrogens (tertiary/aromatic N) is 4. The van der Waals surface area contributed by atoms with E-state index in [9.17, 15) is 0 Å². The molecule has 0 radical (unpaired) electrons. The third-order valence-corrected chi connectivity index (χ3v) is 3.38. The summed E-state index contributed by atoms with van der Waals surface area (Å²) in [6.45, 7) is 0. The van der Waals surface area contributed by atoms with Crippen molar-refractivity contribution < 1.29 is 40.8 Å². The zero-order valence-electron chi connectivity index (χ0n) is 15.6. The number of pyridine rings is 2. The normalized spacial score (nSPS) is 9.07. The van der Waals surface area contributed by atoms with Crippen molar-refractivity contribution in [2.75, 3.05) is 0 Å². The van der Waals surface area contributed by atoms with Crippen LogP contribution in [-0.4, -0.2) is 22.4 Å². The van der Waals surface area contributed by atoms with Gasteiger partial charge < -0.3 is 0 Å². The van der Waals surface area contributed by atoms with E-state index >= 15 is 0 Å². The Labute approximate surface area is 229 Å². The Morgan fingerprint density at radius 1 is 0.567 bits per heavy atom. The van der Waals surface area contributed by atoms with Crippen LogP contribution in [0.15, 0.2) is 83.0 Å². The van der Waals surface area contributed by atoms with Crippen molar-refractivity contribution in [2.24, 2.45) is 9.98 Å². The van der Waals surface area contributed by atoms with Gasteiger partial charge in [-0.25, -0.2) is 0 Å². The molecule has 0 unspecified atom stereocenters. The van der Waals surface area contributed by atoms with Crippen molar-refractivity contribution >= 4 is 73.4 Å². The maximum Gasteiger partial charge on any atom is 0.0627 e. The summed E-state index contributed by atoms with van der Waals surface area (Å²) in [5.74, 6) is 0. The molecule has 1 aromatic carbocycles. The second-order valence-electron chi connectivity index (χ2n) is 5.19. The molecule has 0 fully saturated rings. The molecule has 0 spiro atoms. The molecule has 30 heavy (non-hydrogen) atoms. The van der Waals surface area contributed by atoms with Gasteiger partial charge in [0, 0.05) is 89.9 Å². The molecule has 0 aliphatic carbocycles. The van der Waals surface area contributed by atoms with Crippen LogP contribution in [-0.2, 0) is 53.7 Å². The number of aromatic nitrogens is 2. The second-order valence-corrected chi connectivity index (χ2v) is 5.19. The standard InChI is InChI=1S/C20H18N4.4ClH.2Pd/c1-3-13-21-17(5-1)11-15-23-19-7-9-20(10-8-19)24-16-12-18-6-2-4-14-22-18;;;;;;/h1-10,13-16H,11-12H2;4*1H;;. The molecular weight excluding hydrogens is 651 g/mol. The van der Waals surface area contributed by atoms with Crippen LogP contribution in [0.25, 0.3) is 0 Å². The predicted octanol–water partition coefficient (Wildman–Crippen LogP) is 6.05. The third-order valence-electron chi connectivity index (χ3n) is 3.38. The second kappa shape index (κ2) is 21.6. The molecule has 0 saturated heterocycles. The van der Waals surface area contributed by atoms with Crippen molar-refractivity contribution in [3.63, 3.8) is 0 Å². The zero-order chi connectivity index (χ0) is 16.5. The molecule has 0 bridgehead atoms. The minimum Gasteiger partial charge on any atom is -0.261 e. The molecule has 0 aliphatic rings. The van der Waals surface area contributed by atoms with Gasteiger partial charge >= 0.3 is 0 Å². The molecular formula is C20H22Cl4N4Pd2. The molecule has 2 aromatic heterocycles. The van der Waals surface area contributed by atoms with Crippen LogP contribution >= 0.6 is 49.6 Å². The first-order chi connectivity index (χ1) is 11.9. The molecule has 0 N–H and O–H groups in total. The molecule has 4 nitrogen and oxygen atoms in total. The van der Waals surface area contributed by atoms with Crippen molar-refractivity contribution in [2.45, 2.75) is 12.8 Å². The summed E-state index contributed by atoms with van der Waals surface area (Å²) in [6, 6.07) is 19.6. The van der Waals surface area contributed by atoms with Gasteiger partial charge in [0.1, 0.15) is 0 Å². The largest absolute Gasteiger partial charge is 0.261 e. The number of benzene rings is 1. The van der Waals surface area contributed by atoms with Crippen molar-refractivity contribution in [3.05, 3.63) is 84.4 Å². The van der Waals surface area contributed by atoms with E-state index in [1.54, 1.807) is 12.4 Å². The molecule has 0 aliphatic heterocycles.